The van der Waals surface area contributed by atoms with Gasteiger partial charge in [-0.1, -0.05) is 18.7 Å². The van der Waals surface area contributed by atoms with Crippen molar-refractivity contribution in [3.63, 3.8) is 0 Å². The van der Waals surface area contributed by atoms with Crippen molar-refractivity contribution in [2.45, 2.75) is 39.7 Å². The van der Waals surface area contributed by atoms with Gasteiger partial charge in [-0.15, -0.1) is 0 Å². The molecule has 0 saturated carbocycles. The maximum absolute atomic E-state index is 13.2. The number of likely N-dealkylation sites (tertiary alicyclic amines) is 1. The number of aromatic nitrogens is 1. The van der Waals surface area contributed by atoms with Crippen LogP contribution in [-0.4, -0.2) is 34.1 Å². The molecule has 0 spiro atoms. The summed E-state index contributed by atoms with van der Waals surface area (Å²) in [7, 11) is 0. The molecule has 4 rings (SSSR count). The number of ketones is 2. The fourth-order valence-electron chi connectivity index (χ4n) is 4.86. The van der Waals surface area contributed by atoms with Gasteiger partial charge in [-0.3, -0.25) is 9.59 Å². The van der Waals surface area contributed by atoms with Crippen LogP contribution >= 0.6 is 0 Å². The highest BCUT2D eigenvalue weighted by atomic mass is 19.1. The number of halogens is 1. The van der Waals surface area contributed by atoms with Crippen LogP contribution in [0.5, 0.6) is 0 Å². The van der Waals surface area contributed by atoms with Gasteiger partial charge in [0.1, 0.15) is 12.4 Å². The van der Waals surface area contributed by atoms with E-state index in [0.29, 0.717) is 16.9 Å². The number of hydrogen-bond acceptors (Lipinski definition) is 4. The lowest BCUT2D eigenvalue weighted by Gasteiger charge is -2.35. The molecule has 0 aliphatic carbocycles. The molecule has 1 aromatic heterocycles. The molecule has 1 aliphatic rings. The molecule has 3 aromatic rings. The van der Waals surface area contributed by atoms with Gasteiger partial charge >= 0.3 is 0 Å². The fraction of sp³-hybridized carbons (Fsp3) is 0.321. The molecule has 0 bridgehead atoms. The molecule has 0 radical (unpaired) electrons. The van der Waals surface area contributed by atoms with Gasteiger partial charge in [0, 0.05) is 48.4 Å². The van der Waals surface area contributed by atoms with E-state index in [4.69, 9.17) is 0 Å². The molecule has 0 atom stereocenters. The third kappa shape index (κ3) is 4.65. The van der Waals surface area contributed by atoms with E-state index in [-0.39, 0.29) is 12.4 Å². The van der Waals surface area contributed by atoms with Crippen molar-refractivity contribution in [1.82, 2.24) is 9.47 Å². The first-order chi connectivity index (χ1) is 16.3. The Morgan fingerprint density at radius 3 is 2.44 bits per heavy atom. The molecule has 0 amide bonds. The summed E-state index contributed by atoms with van der Waals surface area (Å²) in [6, 6.07) is 12.8. The third-order valence-corrected chi connectivity index (χ3v) is 6.78. The minimum absolute atomic E-state index is 0.100. The number of benzene rings is 2. The zero-order chi connectivity index (χ0) is 24.4. The van der Waals surface area contributed by atoms with Crippen LogP contribution in [0.2, 0.25) is 0 Å². The zero-order valence-electron chi connectivity index (χ0n) is 19.6. The Hall–Kier alpha value is -3.72. The molecule has 0 unspecified atom stereocenters. The van der Waals surface area contributed by atoms with Gasteiger partial charge in [-0.2, -0.15) is 5.26 Å². The van der Waals surface area contributed by atoms with Crippen molar-refractivity contribution in [3.8, 4) is 6.07 Å². The van der Waals surface area contributed by atoms with Crippen molar-refractivity contribution < 1.29 is 14.0 Å². The number of Topliss-reactive ketones (excluding diaryl/α,β-unsaturated/α-hetero) is 2. The monoisotopic (exact) mass is 457 g/mol. The third-order valence-electron chi connectivity index (χ3n) is 6.78. The van der Waals surface area contributed by atoms with E-state index in [2.05, 4.69) is 17.5 Å². The first-order valence-corrected chi connectivity index (χ1v) is 11.5. The Kier molecular flexibility index (Phi) is 6.65. The summed E-state index contributed by atoms with van der Waals surface area (Å²) in [4.78, 5) is 26.6. The van der Waals surface area contributed by atoms with Gasteiger partial charge in [0.2, 0.25) is 5.78 Å². The molecule has 2 heterocycles. The van der Waals surface area contributed by atoms with Crippen molar-refractivity contribution in [2.24, 2.45) is 5.92 Å². The van der Waals surface area contributed by atoms with Crippen LogP contribution in [0, 0.1) is 30.0 Å². The van der Waals surface area contributed by atoms with E-state index in [1.807, 2.05) is 31.2 Å². The lowest BCUT2D eigenvalue weighted by molar-refractivity contribution is -0.113. The standard InChI is InChI=1S/C28H28FN3O2/c1-18-14-27-25(26(28(34)20(3)33)17-32(27)13-10-30)16-24(18)19(2)31-11-8-22(9-12-31)15-21-4-6-23(29)7-5-21/h4-7,14,16-17,22H,2,8-9,11-13,15H2,1,3H3. The number of nitrogens with zero attached hydrogens (tertiary/aromatic N) is 3. The van der Waals surface area contributed by atoms with Crippen LogP contribution < -0.4 is 0 Å². The van der Waals surface area contributed by atoms with Crippen molar-refractivity contribution >= 4 is 28.2 Å². The van der Waals surface area contributed by atoms with Crippen molar-refractivity contribution in [3.05, 3.63) is 77.2 Å². The molecule has 2 aromatic carbocycles. The number of piperidine rings is 1. The average Bonchev–Trinajstić information content (AvgIpc) is 3.16. The number of nitriles is 1. The second-order valence-electron chi connectivity index (χ2n) is 9.11. The summed E-state index contributed by atoms with van der Waals surface area (Å²) in [5.74, 6) is -0.750. The molecule has 1 aliphatic heterocycles. The Morgan fingerprint density at radius 1 is 1.15 bits per heavy atom. The predicted molar refractivity (Wildman–Crippen MR) is 131 cm³/mol. The van der Waals surface area contributed by atoms with E-state index >= 15 is 0 Å². The highest BCUT2D eigenvalue weighted by Crippen LogP contribution is 2.32. The number of fused-ring (bicyclic) bond motifs is 1. The molecule has 5 nitrogen and oxygen atoms in total. The molecule has 0 N–H and O–H groups in total. The van der Waals surface area contributed by atoms with Gasteiger partial charge in [-0.25, -0.2) is 4.39 Å². The Balaban J connectivity index is 1.55. The Bertz CT molecular complexity index is 1310. The first-order valence-electron chi connectivity index (χ1n) is 11.5. The van der Waals surface area contributed by atoms with Gasteiger partial charge in [0.05, 0.1) is 11.6 Å². The maximum Gasteiger partial charge on any atom is 0.230 e. The van der Waals surface area contributed by atoms with Gasteiger partial charge in [0.15, 0.2) is 5.78 Å². The number of hydrogen-bond donors (Lipinski definition) is 0. The van der Waals surface area contributed by atoms with Crippen LogP contribution in [0.25, 0.3) is 16.6 Å². The largest absolute Gasteiger partial charge is 0.372 e. The summed E-state index contributed by atoms with van der Waals surface area (Å²) >= 11 is 0. The molecular weight excluding hydrogens is 429 g/mol. The normalized spacial score (nSPS) is 14.2. The van der Waals surface area contributed by atoms with Crippen LogP contribution in [0.4, 0.5) is 4.39 Å². The topological polar surface area (TPSA) is 66.1 Å². The smallest absolute Gasteiger partial charge is 0.230 e. The highest BCUT2D eigenvalue weighted by Gasteiger charge is 2.24. The SMILES string of the molecule is C=C(c1cc2c(C(=O)C(C)=O)cn(CC#N)c2cc1C)N1CCC(Cc2ccc(F)cc2)CC1. The van der Waals surface area contributed by atoms with Crippen molar-refractivity contribution in [1.29, 1.82) is 5.26 Å². The van der Waals surface area contributed by atoms with E-state index in [0.717, 1.165) is 60.3 Å². The van der Waals surface area contributed by atoms with E-state index in [1.165, 1.54) is 19.1 Å². The summed E-state index contributed by atoms with van der Waals surface area (Å²) < 4.78 is 14.9. The van der Waals surface area contributed by atoms with Crippen LogP contribution in [-0.2, 0) is 17.8 Å². The number of carbonyl (C=O) groups excluding carboxylic acids is 2. The Labute approximate surface area is 199 Å². The molecule has 174 valence electrons. The van der Waals surface area contributed by atoms with Gasteiger partial charge < -0.3 is 9.47 Å². The second-order valence-corrected chi connectivity index (χ2v) is 9.11. The van der Waals surface area contributed by atoms with Crippen LogP contribution in [0.1, 0.15) is 46.8 Å². The number of rotatable bonds is 7. The molecule has 1 saturated heterocycles. The second kappa shape index (κ2) is 9.64. The lowest BCUT2D eigenvalue weighted by atomic mass is 9.89. The number of carbonyl (C=O) groups is 2. The van der Waals surface area contributed by atoms with E-state index in [1.54, 1.807) is 10.8 Å². The molecular formula is C28H28FN3O2. The minimum atomic E-state index is -0.552. The number of aryl methyl sites for hydroxylation is 1. The summed E-state index contributed by atoms with van der Waals surface area (Å²) in [5, 5.41) is 9.85. The van der Waals surface area contributed by atoms with Gasteiger partial charge in [-0.05, 0) is 67.5 Å². The van der Waals surface area contributed by atoms with E-state index < -0.39 is 11.6 Å². The van der Waals surface area contributed by atoms with Crippen molar-refractivity contribution in [2.75, 3.05) is 13.1 Å². The average molecular weight is 458 g/mol. The van der Waals surface area contributed by atoms with Gasteiger partial charge in [0.25, 0.3) is 0 Å². The van der Waals surface area contributed by atoms with Crippen LogP contribution in [0.15, 0.2) is 49.2 Å². The summed E-state index contributed by atoms with van der Waals surface area (Å²) in [6.45, 7) is 9.47. The Morgan fingerprint density at radius 2 is 1.82 bits per heavy atom. The quantitative estimate of drug-likeness (QED) is 0.356. The predicted octanol–water partition coefficient (Wildman–Crippen LogP) is 5.31. The summed E-state index contributed by atoms with van der Waals surface area (Å²) in [5.41, 5.74) is 5.09. The zero-order valence-corrected chi connectivity index (χ0v) is 19.6. The maximum atomic E-state index is 13.2. The fourth-order valence-corrected chi connectivity index (χ4v) is 4.86. The molecule has 6 heteroatoms. The van der Waals surface area contributed by atoms with Crippen LogP contribution in [0.3, 0.4) is 0 Å². The summed E-state index contributed by atoms with van der Waals surface area (Å²) in [6.07, 6.45) is 4.58. The lowest BCUT2D eigenvalue weighted by Crippen LogP contribution is -2.33. The molecule has 1 fully saturated rings. The minimum Gasteiger partial charge on any atom is -0.372 e. The molecule has 34 heavy (non-hydrogen) atoms. The first kappa shape index (κ1) is 23.4. The highest BCUT2D eigenvalue weighted by molar-refractivity contribution is 6.45. The van der Waals surface area contributed by atoms with E-state index in [9.17, 15) is 19.2 Å².